The molecule has 3 rings (SSSR count). The fraction of sp³-hybridized carbons (Fsp3) is 0.656. The molecule has 2 amide bonds. The van der Waals surface area contributed by atoms with Crippen LogP contribution >= 0.6 is 0 Å². The molecule has 14 heteroatoms. The fourth-order valence-electron chi connectivity index (χ4n) is 5.29. The van der Waals surface area contributed by atoms with E-state index in [-0.39, 0.29) is 53.5 Å². The van der Waals surface area contributed by atoms with Crippen LogP contribution in [0.25, 0.3) is 0 Å². The first-order valence-corrected chi connectivity index (χ1v) is 17.4. The number of carbonyl (C=O) groups excluding carboxylic acids is 2. The third kappa shape index (κ3) is 10.7. The Morgan fingerprint density at radius 2 is 1.96 bits per heavy atom. The number of benzene rings is 1. The average molecular weight is 665 g/mol. The third-order valence-electron chi connectivity index (χ3n) is 8.14. The third-order valence-corrected chi connectivity index (χ3v) is 9.40. The van der Waals surface area contributed by atoms with Gasteiger partial charge in [0.05, 0.1) is 36.7 Å². The molecule has 1 aliphatic heterocycles. The Morgan fingerprint density at radius 3 is 2.61 bits per heavy atom. The minimum atomic E-state index is -4.01. The van der Waals surface area contributed by atoms with E-state index in [1.807, 2.05) is 32.8 Å². The fourth-order valence-corrected chi connectivity index (χ4v) is 6.33. The van der Waals surface area contributed by atoms with Gasteiger partial charge in [-0.1, -0.05) is 6.92 Å². The second-order valence-corrected chi connectivity index (χ2v) is 14.3. The van der Waals surface area contributed by atoms with Gasteiger partial charge in [0.15, 0.2) is 5.03 Å². The monoisotopic (exact) mass is 664 g/mol. The molecule has 46 heavy (non-hydrogen) atoms. The quantitative estimate of drug-likeness (QED) is 0.370. The van der Waals surface area contributed by atoms with E-state index in [0.29, 0.717) is 31.7 Å². The Kier molecular flexibility index (Phi) is 13.8. The number of hydrogen-bond donors (Lipinski definition) is 2. The van der Waals surface area contributed by atoms with Gasteiger partial charge in [-0.3, -0.25) is 14.3 Å². The van der Waals surface area contributed by atoms with E-state index in [1.54, 1.807) is 43.0 Å². The van der Waals surface area contributed by atoms with Gasteiger partial charge in [0, 0.05) is 58.0 Å². The van der Waals surface area contributed by atoms with E-state index in [0.717, 1.165) is 25.8 Å². The first-order chi connectivity index (χ1) is 21.7. The number of fused-ring (bicyclic) bond motifs is 1. The maximum absolute atomic E-state index is 14.3. The van der Waals surface area contributed by atoms with E-state index in [9.17, 15) is 23.1 Å². The number of carbonyl (C=O) groups is 2. The number of ether oxygens (including phenoxy) is 2. The summed E-state index contributed by atoms with van der Waals surface area (Å²) in [7, 11) is 3.39. The lowest BCUT2D eigenvalue weighted by atomic mass is 10.0. The summed E-state index contributed by atoms with van der Waals surface area (Å²) in [5.74, 6) is -0.256. The maximum atomic E-state index is 14.3. The summed E-state index contributed by atoms with van der Waals surface area (Å²) >= 11 is 0. The van der Waals surface area contributed by atoms with Crippen LogP contribution in [0, 0.1) is 5.92 Å². The second-order valence-electron chi connectivity index (χ2n) is 12.7. The number of aliphatic hydroxyl groups excluding tert-OH is 1. The number of aryl methyl sites for hydroxylation is 1. The molecule has 0 aliphatic carbocycles. The second kappa shape index (κ2) is 17.1. The number of hydrogen-bond acceptors (Lipinski definition) is 9. The van der Waals surface area contributed by atoms with Gasteiger partial charge in [0.25, 0.3) is 15.9 Å². The Bertz CT molecular complexity index is 1400. The van der Waals surface area contributed by atoms with Gasteiger partial charge in [0.2, 0.25) is 5.91 Å². The van der Waals surface area contributed by atoms with Gasteiger partial charge in [-0.05, 0) is 78.4 Å². The number of aliphatic hydroxyl groups is 1. The number of anilines is 1. The number of aromatic nitrogens is 2. The van der Waals surface area contributed by atoms with E-state index >= 15 is 0 Å². The summed E-state index contributed by atoms with van der Waals surface area (Å²) in [6.45, 7) is 7.29. The topological polar surface area (TPSA) is 147 Å². The zero-order valence-corrected chi connectivity index (χ0v) is 29.1. The van der Waals surface area contributed by atoms with Crippen molar-refractivity contribution in [3.8, 4) is 5.75 Å². The zero-order valence-electron chi connectivity index (χ0n) is 28.3. The highest BCUT2D eigenvalue weighted by molar-refractivity contribution is 7.92. The first kappa shape index (κ1) is 37.3. The van der Waals surface area contributed by atoms with Gasteiger partial charge in [-0.25, -0.2) is 4.98 Å². The van der Waals surface area contributed by atoms with Crippen LogP contribution in [0.5, 0.6) is 5.75 Å². The zero-order chi connectivity index (χ0) is 34.0. The van der Waals surface area contributed by atoms with Crippen molar-refractivity contribution in [1.82, 2.24) is 24.3 Å². The molecule has 0 unspecified atom stereocenters. The molecule has 2 N–H and O–H groups in total. The lowest BCUT2D eigenvalue weighted by Gasteiger charge is -2.36. The highest BCUT2D eigenvalue weighted by atomic mass is 32.2. The number of nitrogens with zero attached hydrogens (tertiary/aromatic N) is 5. The lowest BCUT2D eigenvalue weighted by molar-refractivity contribution is -0.132. The molecule has 0 saturated carbocycles. The SMILES string of the molecule is C[C@H](CO)N1C[C@H](C)[C@@H](CN(C)C(=O)CCCN(C)C)OCCCC[C@H](C)Oc2ccc(NS(=O)(=O)c3cn(C)cn3)cc2C1=O. The number of sulfonamides is 1. The average Bonchev–Trinajstić information content (AvgIpc) is 3.45. The van der Waals surface area contributed by atoms with Crippen molar-refractivity contribution in [3.63, 3.8) is 0 Å². The maximum Gasteiger partial charge on any atom is 0.280 e. The smallest absolute Gasteiger partial charge is 0.280 e. The standard InChI is InChI=1S/C32H52N6O7S/c1-23-18-38(24(2)21-39)32(41)27-17-26(34-46(42,43)30-20-36(6)22-33-30)13-14-28(27)45-25(3)11-8-9-16-44-29(23)19-37(7)31(40)12-10-15-35(4)5/h13-14,17,20,22-25,29,34,39H,8-12,15-16,18-19,21H2,1-7H3/t23-,24+,25-,29+/m0/s1. The predicted molar refractivity (Wildman–Crippen MR) is 176 cm³/mol. The van der Waals surface area contributed by atoms with E-state index in [4.69, 9.17) is 9.47 Å². The van der Waals surface area contributed by atoms with Crippen LogP contribution in [0.15, 0.2) is 35.7 Å². The van der Waals surface area contributed by atoms with Gasteiger partial charge in [-0.15, -0.1) is 0 Å². The molecule has 1 aromatic carbocycles. The lowest BCUT2D eigenvalue weighted by Crippen LogP contribution is -2.48. The number of amides is 2. The van der Waals surface area contributed by atoms with Crippen molar-refractivity contribution < 1.29 is 32.6 Å². The van der Waals surface area contributed by atoms with Crippen LogP contribution in [0.1, 0.15) is 63.2 Å². The highest BCUT2D eigenvalue weighted by Gasteiger charge is 2.31. The molecule has 0 spiro atoms. The number of rotatable bonds is 11. The Balaban J connectivity index is 1.93. The van der Waals surface area contributed by atoms with Crippen molar-refractivity contribution in [2.45, 2.75) is 76.2 Å². The molecule has 13 nitrogen and oxygen atoms in total. The van der Waals surface area contributed by atoms with E-state index < -0.39 is 22.0 Å². The molecule has 1 aliphatic rings. The minimum absolute atomic E-state index is 0.0364. The predicted octanol–water partition coefficient (Wildman–Crippen LogP) is 2.82. The van der Waals surface area contributed by atoms with E-state index in [2.05, 4.69) is 9.71 Å². The molecule has 1 aromatic heterocycles. The molecular weight excluding hydrogens is 612 g/mol. The largest absolute Gasteiger partial charge is 0.490 e. The number of imidazole rings is 1. The summed E-state index contributed by atoms with van der Waals surface area (Å²) in [6.07, 6.45) is 5.74. The van der Waals surface area contributed by atoms with Gasteiger partial charge >= 0.3 is 0 Å². The summed E-state index contributed by atoms with van der Waals surface area (Å²) in [5.41, 5.74) is 0.346. The highest BCUT2D eigenvalue weighted by Crippen LogP contribution is 2.29. The molecule has 0 radical (unpaired) electrons. The number of likely N-dealkylation sites (N-methyl/N-ethyl adjacent to an activating group) is 1. The summed E-state index contributed by atoms with van der Waals surface area (Å²) in [5, 5.41) is 10.0. The number of nitrogens with one attached hydrogen (secondary N) is 1. The normalized spacial score (nSPS) is 20.8. The van der Waals surface area contributed by atoms with Crippen LogP contribution in [-0.2, 0) is 26.6 Å². The molecule has 0 saturated heterocycles. The summed E-state index contributed by atoms with van der Waals surface area (Å²) in [4.78, 5) is 36.5. The van der Waals surface area contributed by atoms with Crippen LogP contribution in [0.4, 0.5) is 5.69 Å². The molecule has 2 aromatic rings. The van der Waals surface area contributed by atoms with Crippen LogP contribution in [-0.4, -0.2) is 122 Å². The molecule has 0 fully saturated rings. The Labute approximate surface area is 273 Å². The van der Waals surface area contributed by atoms with E-state index in [1.165, 1.54) is 23.2 Å². The van der Waals surface area contributed by atoms with Crippen LogP contribution in [0.3, 0.4) is 0 Å². The van der Waals surface area contributed by atoms with Gasteiger partial charge < -0.3 is 33.8 Å². The van der Waals surface area contributed by atoms with Crippen LogP contribution < -0.4 is 9.46 Å². The van der Waals surface area contributed by atoms with Crippen molar-refractivity contribution in [2.24, 2.45) is 13.0 Å². The Hall–Kier alpha value is -3.20. The summed E-state index contributed by atoms with van der Waals surface area (Å²) in [6, 6.07) is 4.06. The van der Waals surface area contributed by atoms with Gasteiger partial charge in [0.1, 0.15) is 5.75 Å². The molecule has 4 atom stereocenters. The molecule has 2 heterocycles. The van der Waals surface area contributed by atoms with Crippen molar-refractivity contribution in [3.05, 3.63) is 36.3 Å². The van der Waals surface area contributed by atoms with Gasteiger partial charge in [-0.2, -0.15) is 8.42 Å². The van der Waals surface area contributed by atoms with Crippen molar-refractivity contribution >= 4 is 27.5 Å². The first-order valence-electron chi connectivity index (χ1n) is 16.0. The minimum Gasteiger partial charge on any atom is -0.490 e. The molecule has 258 valence electrons. The summed E-state index contributed by atoms with van der Waals surface area (Å²) < 4.78 is 42.7. The van der Waals surface area contributed by atoms with Crippen molar-refractivity contribution in [1.29, 1.82) is 0 Å². The molecular formula is C32H52N6O7S. The molecule has 0 bridgehead atoms. The van der Waals surface area contributed by atoms with Crippen molar-refractivity contribution in [2.75, 3.05) is 58.7 Å². The van der Waals surface area contributed by atoms with Crippen LogP contribution in [0.2, 0.25) is 0 Å². The Morgan fingerprint density at radius 1 is 1.22 bits per heavy atom.